The summed E-state index contributed by atoms with van der Waals surface area (Å²) in [4.78, 5) is 12.5. The van der Waals surface area contributed by atoms with Crippen molar-refractivity contribution >= 4 is 37.6 Å². The monoisotopic (exact) mass is 300 g/mol. The van der Waals surface area contributed by atoms with Gasteiger partial charge in [0, 0.05) is 18.7 Å². The van der Waals surface area contributed by atoms with Crippen molar-refractivity contribution in [2.45, 2.75) is 17.7 Å². The number of ketones is 1. The lowest BCUT2D eigenvalue weighted by atomic mass is 10.2. The molecule has 1 aliphatic rings. The van der Waals surface area contributed by atoms with Gasteiger partial charge in [0.15, 0.2) is 15.6 Å². The minimum atomic E-state index is -3.48. The number of carbonyl (C=O) groups excluding carboxylic acids is 1. The summed E-state index contributed by atoms with van der Waals surface area (Å²) in [5.74, 6) is -0.0281. The number of nitrogens with two attached hydrogens (primary N) is 1. The highest BCUT2D eigenvalue weighted by Crippen LogP contribution is 2.43. The zero-order valence-electron chi connectivity index (χ0n) is 10.6. The molecule has 1 heterocycles. The zero-order chi connectivity index (χ0) is 14.2. The van der Waals surface area contributed by atoms with Crippen LogP contribution in [0.15, 0.2) is 17.6 Å². The molecule has 0 unspecified atom stereocenters. The molecule has 2 rings (SSSR count). The van der Waals surface area contributed by atoms with E-state index < -0.39 is 9.84 Å². The van der Waals surface area contributed by atoms with Gasteiger partial charge >= 0.3 is 0 Å². The van der Waals surface area contributed by atoms with Gasteiger partial charge in [0.25, 0.3) is 0 Å². The quantitative estimate of drug-likeness (QED) is 0.619. The average molecular weight is 300 g/mol. The van der Waals surface area contributed by atoms with Crippen molar-refractivity contribution < 1.29 is 13.2 Å². The van der Waals surface area contributed by atoms with Crippen molar-refractivity contribution in [1.82, 2.24) is 0 Å². The van der Waals surface area contributed by atoms with E-state index in [2.05, 4.69) is 11.9 Å². The molecule has 1 fully saturated rings. The van der Waals surface area contributed by atoms with Crippen molar-refractivity contribution in [3.05, 3.63) is 17.5 Å². The SMILES string of the molecule is C=CCNc1sc(C(=O)C2CC2)c(N)c1S(C)(=O)=O. The molecule has 1 aliphatic carbocycles. The maximum atomic E-state index is 12.1. The van der Waals surface area contributed by atoms with E-state index in [0.717, 1.165) is 30.4 Å². The predicted molar refractivity (Wildman–Crippen MR) is 77.6 cm³/mol. The Bertz CT molecular complexity index is 628. The van der Waals surface area contributed by atoms with Crippen LogP contribution in [0, 0.1) is 5.92 Å². The largest absolute Gasteiger partial charge is 0.396 e. The predicted octanol–water partition coefficient (Wildman–Crippen LogP) is 1.92. The Hall–Kier alpha value is -1.34. The molecule has 0 amide bonds. The summed E-state index contributed by atoms with van der Waals surface area (Å²) in [7, 11) is -3.48. The highest BCUT2D eigenvalue weighted by molar-refractivity contribution is 7.91. The Kier molecular flexibility index (Phi) is 3.69. The first-order chi connectivity index (χ1) is 8.86. The molecule has 0 spiro atoms. The molecule has 7 heteroatoms. The summed E-state index contributed by atoms with van der Waals surface area (Å²) < 4.78 is 23.6. The van der Waals surface area contributed by atoms with Gasteiger partial charge in [-0.1, -0.05) is 6.08 Å². The van der Waals surface area contributed by atoms with Crippen LogP contribution >= 0.6 is 11.3 Å². The number of hydrogen-bond donors (Lipinski definition) is 2. The number of nitrogens with one attached hydrogen (secondary N) is 1. The Morgan fingerprint density at radius 1 is 1.58 bits per heavy atom. The lowest BCUT2D eigenvalue weighted by Gasteiger charge is -2.03. The van der Waals surface area contributed by atoms with Gasteiger partial charge in [0.05, 0.1) is 10.6 Å². The number of hydrogen-bond acceptors (Lipinski definition) is 6. The third kappa shape index (κ3) is 2.82. The maximum absolute atomic E-state index is 12.1. The Morgan fingerprint density at radius 3 is 2.68 bits per heavy atom. The molecular weight excluding hydrogens is 284 g/mol. The van der Waals surface area contributed by atoms with Gasteiger partial charge in [-0.3, -0.25) is 4.79 Å². The number of nitrogen functional groups attached to an aromatic ring is 1. The van der Waals surface area contributed by atoms with Gasteiger partial charge < -0.3 is 11.1 Å². The molecular formula is C12H16N2O3S2. The summed E-state index contributed by atoms with van der Waals surface area (Å²) in [6.07, 6.45) is 4.43. The second kappa shape index (κ2) is 4.97. The zero-order valence-corrected chi connectivity index (χ0v) is 12.2. The van der Waals surface area contributed by atoms with Crippen LogP contribution in [-0.4, -0.2) is 27.0 Å². The Morgan fingerprint density at radius 2 is 2.21 bits per heavy atom. The number of anilines is 2. The summed E-state index contributed by atoms with van der Waals surface area (Å²) >= 11 is 1.12. The van der Waals surface area contributed by atoms with Crippen LogP contribution in [-0.2, 0) is 9.84 Å². The standard InChI is InChI=1S/C12H16N2O3S2/c1-3-6-14-12-11(19(2,16)17)8(13)10(18-12)9(15)7-4-5-7/h3,7,14H,1,4-6,13H2,2H3. The maximum Gasteiger partial charge on any atom is 0.180 e. The van der Waals surface area contributed by atoms with Crippen molar-refractivity contribution in [3.8, 4) is 0 Å². The van der Waals surface area contributed by atoms with Crippen molar-refractivity contribution in [1.29, 1.82) is 0 Å². The fraction of sp³-hybridized carbons (Fsp3) is 0.417. The first-order valence-electron chi connectivity index (χ1n) is 5.87. The molecule has 0 aliphatic heterocycles. The fourth-order valence-corrected chi connectivity index (χ4v) is 4.39. The molecule has 0 bridgehead atoms. The van der Waals surface area contributed by atoms with Gasteiger partial charge in [0.1, 0.15) is 9.90 Å². The molecule has 1 aromatic rings. The van der Waals surface area contributed by atoms with Crippen molar-refractivity contribution in [3.63, 3.8) is 0 Å². The van der Waals surface area contributed by atoms with Crippen LogP contribution in [0.5, 0.6) is 0 Å². The number of thiophene rings is 1. The second-order valence-corrected chi connectivity index (χ2v) is 7.56. The van der Waals surface area contributed by atoms with Crippen molar-refractivity contribution in [2.75, 3.05) is 23.9 Å². The van der Waals surface area contributed by atoms with Gasteiger partial charge in [-0.15, -0.1) is 17.9 Å². The van der Waals surface area contributed by atoms with Crippen LogP contribution in [0.4, 0.5) is 10.7 Å². The van der Waals surface area contributed by atoms with Gasteiger partial charge in [0.2, 0.25) is 0 Å². The van der Waals surface area contributed by atoms with Gasteiger partial charge in [-0.05, 0) is 12.8 Å². The molecule has 104 valence electrons. The van der Waals surface area contributed by atoms with E-state index in [9.17, 15) is 13.2 Å². The third-order valence-corrected chi connectivity index (χ3v) is 5.32. The number of sulfone groups is 1. The minimum Gasteiger partial charge on any atom is -0.396 e. The summed E-state index contributed by atoms with van der Waals surface area (Å²) in [5, 5.41) is 3.35. The lowest BCUT2D eigenvalue weighted by molar-refractivity contribution is 0.0972. The highest BCUT2D eigenvalue weighted by atomic mass is 32.2. The van der Waals surface area contributed by atoms with Crippen molar-refractivity contribution in [2.24, 2.45) is 5.92 Å². The molecule has 0 aromatic carbocycles. The second-order valence-electron chi connectivity index (χ2n) is 4.58. The van der Waals surface area contributed by atoms with Gasteiger partial charge in [-0.2, -0.15) is 0 Å². The van der Waals surface area contributed by atoms with Crippen LogP contribution < -0.4 is 11.1 Å². The average Bonchev–Trinajstić information content (AvgIpc) is 3.09. The van der Waals surface area contributed by atoms with E-state index in [-0.39, 0.29) is 22.3 Å². The minimum absolute atomic E-state index is 0.0145. The molecule has 0 saturated heterocycles. The van der Waals surface area contributed by atoms with E-state index in [1.165, 1.54) is 0 Å². The van der Waals surface area contributed by atoms with E-state index in [4.69, 9.17) is 5.73 Å². The van der Waals surface area contributed by atoms with Crippen LogP contribution in [0.2, 0.25) is 0 Å². The van der Waals surface area contributed by atoms with E-state index in [0.29, 0.717) is 16.4 Å². The van der Waals surface area contributed by atoms with Gasteiger partial charge in [-0.25, -0.2) is 8.42 Å². The molecule has 0 atom stereocenters. The van der Waals surface area contributed by atoms with E-state index in [1.54, 1.807) is 6.08 Å². The normalized spacial score (nSPS) is 15.2. The first-order valence-corrected chi connectivity index (χ1v) is 8.58. The van der Waals surface area contributed by atoms with E-state index in [1.807, 2.05) is 0 Å². The summed E-state index contributed by atoms with van der Waals surface area (Å²) in [6, 6.07) is 0. The fourth-order valence-electron chi connectivity index (χ4n) is 1.79. The first kappa shape index (κ1) is 14.1. The molecule has 0 radical (unpaired) electrons. The number of rotatable bonds is 6. The van der Waals surface area contributed by atoms with Crippen LogP contribution in [0.3, 0.4) is 0 Å². The van der Waals surface area contributed by atoms with Crippen LogP contribution in [0.1, 0.15) is 22.5 Å². The number of Topliss-reactive ketones (excluding diaryl/α,β-unsaturated/α-hetero) is 1. The molecule has 1 saturated carbocycles. The molecule has 19 heavy (non-hydrogen) atoms. The smallest absolute Gasteiger partial charge is 0.180 e. The Balaban J connectivity index is 2.49. The van der Waals surface area contributed by atoms with Crippen LogP contribution in [0.25, 0.3) is 0 Å². The number of carbonyl (C=O) groups is 1. The third-order valence-electron chi connectivity index (χ3n) is 2.85. The summed E-state index contributed by atoms with van der Waals surface area (Å²) in [6.45, 7) is 3.98. The highest BCUT2D eigenvalue weighted by Gasteiger charge is 2.35. The topological polar surface area (TPSA) is 89.3 Å². The molecule has 1 aromatic heterocycles. The molecule has 5 nitrogen and oxygen atoms in total. The van der Waals surface area contributed by atoms with E-state index >= 15 is 0 Å². The Labute approximate surface area is 116 Å². The lowest BCUT2D eigenvalue weighted by Crippen LogP contribution is -2.07. The molecule has 3 N–H and O–H groups in total. The summed E-state index contributed by atoms with van der Waals surface area (Å²) in [5.41, 5.74) is 5.95.